The molecule has 132 valence electrons. The SMILES string of the molecule is CCN1CC[C@H](NC(=O)CNC(=O)c2ccc(C(C)(C)C)cc2)C1. The largest absolute Gasteiger partial charge is 0.350 e. The van der Waals surface area contributed by atoms with Crippen molar-refractivity contribution in [1.29, 1.82) is 0 Å². The summed E-state index contributed by atoms with van der Waals surface area (Å²) < 4.78 is 0. The van der Waals surface area contributed by atoms with Gasteiger partial charge in [0.1, 0.15) is 0 Å². The molecule has 0 saturated carbocycles. The summed E-state index contributed by atoms with van der Waals surface area (Å²) in [5.41, 5.74) is 1.81. The highest BCUT2D eigenvalue weighted by molar-refractivity contribution is 5.96. The second-order valence-electron chi connectivity index (χ2n) is 7.46. The van der Waals surface area contributed by atoms with Crippen molar-refractivity contribution in [1.82, 2.24) is 15.5 Å². The van der Waals surface area contributed by atoms with Crippen molar-refractivity contribution in [2.45, 2.75) is 45.6 Å². The van der Waals surface area contributed by atoms with E-state index in [1.165, 1.54) is 5.56 Å². The molecule has 0 unspecified atom stereocenters. The number of rotatable bonds is 5. The third kappa shape index (κ3) is 5.06. The van der Waals surface area contributed by atoms with Crippen LogP contribution >= 0.6 is 0 Å². The fraction of sp³-hybridized carbons (Fsp3) is 0.579. The first kappa shape index (κ1) is 18.5. The van der Waals surface area contributed by atoms with Crippen LogP contribution in [0.5, 0.6) is 0 Å². The van der Waals surface area contributed by atoms with E-state index in [9.17, 15) is 9.59 Å². The lowest BCUT2D eigenvalue weighted by molar-refractivity contribution is -0.120. The van der Waals surface area contributed by atoms with E-state index in [-0.39, 0.29) is 29.8 Å². The van der Waals surface area contributed by atoms with E-state index in [1.54, 1.807) is 0 Å². The van der Waals surface area contributed by atoms with E-state index in [2.05, 4.69) is 43.2 Å². The molecule has 1 aromatic carbocycles. The van der Waals surface area contributed by atoms with Crippen molar-refractivity contribution in [2.75, 3.05) is 26.2 Å². The Bertz CT molecular complexity index is 575. The van der Waals surface area contributed by atoms with Gasteiger partial charge in [-0.15, -0.1) is 0 Å². The van der Waals surface area contributed by atoms with E-state index in [0.717, 1.165) is 26.1 Å². The molecule has 1 aliphatic heterocycles. The van der Waals surface area contributed by atoms with E-state index in [4.69, 9.17) is 0 Å². The van der Waals surface area contributed by atoms with Crippen molar-refractivity contribution in [3.8, 4) is 0 Å². The Kier molecular flexibility index (Phi) is 5.99. The summed E-state index contributed by atoms with van der Waals surface area (Å²) in [6.07, 6.45) is 0.974. The summed E-state index contributed by atoms with van der Waals surface area (Å²) in [5, 5.41) is 5.68. The molecule has 0 bridgehead atoms. The monoisotopic (exact) mass is 331 g/mol. The van der Waals surface area contributed by atoms with E-state index < -0.39 is 0 Å². The molecule has 1 aromatic rings. The highest BCUT2D eigenvalue weighted by Crippen LogP contribution is 2.22. The molecule has 5 heteroatoms. The minimum Gasteiger partial charge on any atom is -0.350 e. The summed E-state index contributed by atoms with van der Waals surface area (Å²) in [4.78, 5) is 26.4. The number of amides is 2. The fourth-order valence-corrected chi connectivity index (χ4v) is 2.90. The van der Waals surface area contributed by atoms with Gasteiger partial charge in [0, 0.05) is 24.7 Å². The first-order chi connectivity index (χ1) is 11.3. The van der Waals surface area contributed by atoms with Gasteiger partial charge in [0.15, 0.2) is 0 Å². The minimum absolute atomic E-state index is 0.0163. The molecular formula is C19H29N3O2. The van der Waals surface area contributed by atoms with Crippen molar-refractivity contribution < 1.29 is 9.59 Å². The lowest BCUT2D eigenvalue weighted by Crippen LogP contribution is -2.43. The molecule has 0 spiro atoms. The molecule has 24 heavy (non-hydrogen) atoms. The number of carbonyl (C=O) groups excluding carboxylic acids is 2. The zero-order valence-corrected chi connectivity index (χ0v) is 15.2. The van der Waals surface area contributed by atoms with E-state index in [0.29, 0.717) is 5.56 Å². The third-order valence-electron chi connectivity index (χ3n) is 4.51. The number of likely N-dealkylation sites (tertiary alicyclic amines) is 1. The summed E-state index contributed by atoms with van der Waals surface area (Å²) in [6.45, 7) is 11.5. The van der Waals surface area contributed by atoms with Crippen molar-refractivity contribution in [2.24, 2.45) is 0 Å². The summed E-state index contributed by atoms with van der Waals surface area (Å²) in [6, 6.07) is 7.74. The Labute approximate surface area is 144 Å². The number of hydrogen-bond donors (Lipinski definition) is 2. The van der Waals surface area contributed by atoms with Gasteiger partial charge in [-0.05, 0) is 36.1 Å². The maximum absolute atomic E-state index is 12.1. The van der Waals surface area contributed by atoms with Gasteiger partial charge < -0.3 is 15.5 Å². The molecule has 1 aliphatic rings. The number of hydrogen-bond acceptors (Lipinski definition) is 3. The highest BCUT2D eigenvalue weighted by Gasteiger charge is 2.22. The standard InChI is InChI=1S/C19H29N3O2/c1-5-22-11-10-16(13-22)21-17(23)12-20-18(24)14-6-8-15(9-7-14)19(2,3)4/h6-9,16H,5,10-13H2,1-4H3,(H,20,24)(H,21,23)/t16-/m0/s1. The molecule has 2 amide bonds. The Morgan fingerprint density at radius 3 is 2.42 bits per heavy atom. The zero-order valence-electron chi connectivity index (χ0n) is 15.2. The van der Waals surface area contributed by atoms with Gasteiger partial charge in [-0.2, -0.15) is 0 Å². The first-order valence-corrected chi connectivity index (χ1v) is 8.70. The molecule has 1 saturated heterocycles. The van der Waals surface area contributed by atoms with Crippen LogP contribution in [0, 0.1) is 0 Å². The van der Waals surface area contributed by atoms with Crippen molar-refractivity contribution >= 4 is 11.8 Å². The molecule has 1 heterocycles. The van der Waals surface area contributed by atoms with Gasteiger partial charge in [0.2, 0.25) is 5.91 Å². The molecule has 2 N–H and O–H groups in total. The van der Waals surface area contributed by atoms with Crippen LogP contribution in [-0.4, -0.2) is 48.9 Å². The summed E-state index contributed by atoms with van der Waals surface area (Å²) in [7, 11) is 0. The molecule has 0 aromatic heterocycles. The van der Waals surface area contributed by atoms with Crippen LogP contribution in [0.15, 0.2) is 24.3 Å². The highest BCUT2D eigenvalue weighted by atomic mass is 16.2. The van der Waals surface area contributed by atoms with Crippen LogP contribution in [0.4, 0.5) is 0 Å². The molecule has 0 radical (unpaired) electrons. The number of likely N-dealkylation sites (N-methyl/N-ethyl adjacent to an activating group) is 1. The number of nitrogens with one attached hydrogen (secondary N) is 2. The first-order valence-electron chi connectivity index (χ1n) is 8.70. The summed E-state index contributed by atoms with van der Waals surface area (Å²) >= 11 is 0. The van der Waals surface area contributed by atoms with Gasteiger partial charge in [-0.1, -0.05) is 39.8 Å². The third-order valence-corrected chi connectivity index (χ3v) is 4.51. The topological polar surface area (TPSA) is 61.4 Å². The fourth-order valence-electron chi connectivity index (χ4n) is 2.90. The smallest absolute Gasteiger partial charge is 0.251 e. The predicted octanol–water partition coefficient (Wildman–Crippen LogP) is 1.92. The molecule has 2 rings (SSSR count). The van der Waals surface area contributed by atoms with Crippen LogP contribution in [-0.2, 0) is 10.2 Å². The Balaban J connectivity index is 1.79. The van der Waals surface area contributed by atoms with Crippen LogP contribution in [0.3, 0.4) is 0 Å². The van der Waals surface area contributed by atoms with Crippen LogP contribution in [0.25, 0.3) is 0 Å². The zero-order chi connectivity index (χ0) is 17.7. The van der Waals surface area contributed by atoms with Gasteiger partial charge in [0.25, 0.3) is 5.91 Å². The molecule has 1 atom stereocenters. The number of carbonyl (C=O) groups is 2. The second kappa shape index (κ2) is 7.79. The van der Waals surface area contributed by atoms with Gasteiger partial charge in [-0.25, -0.2) is 0 Å². The van der Waals surface area contributed by atoms with Crippen LogP contribution < -0.4 is 10.6 Å². The lowest BCUT2D eigenvalue weighted by atomic mass is 9.87. The molecule has 1 fully saturated rings. The van der Waals surface area contributed by atoms with Crippen molar-refractivity contribution in [3.63, 3.8) is 0 Å². The number of nitrogens with zero attached hydrogens (tertiary/aromatic N) is 1. The van der Waals surface area contributed by atoms with E-state index in [1.807, 2.05) is 24.3 Å². The Morgan fingerprint density at radius 2 is 1.88 bits per heavy atom. The number of benzene rings is 1. The average molecular weight is 331 g/mol. The van der Waals surface area contributed by atoms with Crippen LogP contribution in [0.2, 0.25) is 0 Å². The Morgan fingerprint density at radius 1 is 1.21 bits per heavy atom. The van der Waals surface area contributed by atoms with Gasteiger partial charge in [0.05, 0.1) is 6.54 Å². The maximum Gasteiger partial charge on any atom is 0.251 e. The predicted molar refractivity (Wildman–Crippen MR) is 96.1 cm³/mol. The second-order valence-corrected chi connectivity index (χ2v) is 7.46. The quantitative estimate of drug-likeness (QED) is 0.867. The molecular weight excluding hydrogens is 302 g/mol. The summed E-state index contributed by atoms with van der Waals surface area (Å²) in [5.74, 6) is -0.343. The normalized spacial score (nSPS) is 18.4. The van der Waals surface area contributed by atoms with Crippen molar-refractivity contribution in [3.05, 3.63) is 35.4 Å². The Hall–Kier alpha value is -1.88. The maximum atomic E-state index is 12.1. The lowest BCUT2D eigenvalue weighted by Gasteiger charge is -2.19. The van der Waals surface area contributed by atoms with Gasteiger partial charge in [-0.3, -0.25) is 9.59 Å². The molecule has 0 aliphatic carbocycles. The van der Waals surface area contributed by atoms with Crippen LogP contribution in [0.1, 0.15) is 50.0 Å². The molecule has 5 nitrogen and oxygen atoms in total. The van der Waals surface area contributed by atoms with Gasteiger partial charge >= 0.3 is 0 Å². The van der Waals surface area contributed by atoms with E-state index >= 15 is 0 Å². The average Bonchev–Trinajstić information content (AvgIpc) is 2.99. The minimum atomic E-state index is -0.216.